The highest BCUT2D eigenvalue weighted by Crippen LogP contribution is 2.50. The lowest BCUT2D eigenvalue weighted by Crippen LogP contribution is -2.18. The normalized spacial score (nSPS) is 28.2. The molecule has 1 saturated heterocycles. The van der Waals surface area contributed by atoms with Crippen LogP contribution < -0.4 is 5.32 Å². The summed E-state index contributed by atoms with van der Waals surface area (Å²) >= 11 is 0. The minimum absolute atomic E-state index is 0.701. The standard InChI is InChI=1S/C15H23N3/c1-2-11(1)14(12-3-4-12)9-18-10-17-8-15(18)13-5-6-16-7-13/h8,10-14,16H,1-7,9H2. The summed E-state index contributed by atoms with van der Waals surface area (Å²) in [7, 11) is 0. The number of rotatable bonds is 5. The van der Waals surface area contributed by atoms with Crippen molar-refractivity contribution in [2.24, 2.45) is 17.8 Å². The van der Waals surface area contributed by atoms with Crippen molar-refractivity contribution in [1.29, 1.82) is 0 Å². The highest BCUT2D eigenvalue weighted by molar-refractivity contribution is 5.10. The van der Waals surface area contributed by atoms with Crippen LogP contribution in [0.15, 0.2) is 12.5 Å². The van der Waals surface area contributed by atoms with Crippen LogP contribution in [0.4, 0.5) is 0 Å². The molecule has 2 saturated carbocycles. The van der Waals surface area contributed by atoms with E-state index in [9.17, 15) is 0 Å². The summed E-state index contributed by atoms with van der Waals surface area (Å²) in [4.78, 5) is 4.41. The first-order valence-electron chi connectivity index (χ1n) is 7.62. The Morgan fingerprint density at radius 2 is 2.00 bits per heavy atom. The third-order valence-electron chi connectivity index (χ3n) is 5.09. The Kier molecular flexibility index (Phi) is 2.68. The van der Waals surface area contributed by atoms with E-state index in [0.29, 0.717) is 5.92 Å². The zero-order valence-electron chi connectivity index (χ0n) is 11.0. The number of nitrogens with one attached hydrogen (secondary N) is 1. The molecule has 2 aliphatic carbocycles. The molecule has 98 valence electrons. The largest absolute Gasteiger partial charge is 0.334 e. The first kappa shape index (κ1) is 11.0. The molecule has 1 aromatic heterocycles. The molecule has 1 aliphatic heterocycles. The van der Waals surface area contributed by atoms with Gasteiger partial charge in [0.15, 0.2) is 0 Å². The van der Waals surface area contributed by atoms with Crippen LogP contribution in [0.1, 0.15) is 43.7 Å². The summed E-state index contributed by atoms with van der Waals surface area (Å²) in [6.45, 7) is 3.55. The van der Waals surface area contributed by atoms with Crippen LogP contribution in [0.5, 0.6) is 0 Å². The van der Waals surface area contributed by atoms with Gasteiger partial charge in [0.05, 0.1) is 6.33 Å². The molecule has 0 spiro atoms. The molecule has 3 aliphatic rings. The monoisotopic (exact) mass is 245 g/mol. The van der Waals surface area contributed by atoms with Crippen molar-refractivity contribution < 1.29 is 0 Å². The molecule has 3 nitrogen and oxygen atoms in total. The highest BCUT2D eigenvalue weighted by Gasteiger charge is 2.41. The highest BCUT2D eigenvalue weighted by atomic mass is 15.1. The predicted octanol–water partition coefficient (Wildman–Crippen LogP) is 2.40. The maximum atomic E-state index is 4.41. The molecule has 3 heteroatoms. The van der Waals surface area contributed by atoms with Crippen molar-refractivity contribution in [3.05, 3.63) is 18.2 Å². The van der Waals surface area contributed by atoms with Crippen LogP contribution in [-0.2, 0) is 6.54 Å². The second-order valence-corrected chi connectivity index (χ2v) is 6.50. The first-order chi connectivity index (χ1) is 8.92. The molecule has 1 atom stereocenters. The number of hydrogen-bond acceptors (Lipinski definition) is 2. The summed E-state index contributed by atoms with van der Waals surface area (Å²) in [5, 5.41) is 3.47. The van der Waals surface area contributed by atoms with Crippen molar-refractivity contribution in [1.82, 2.24) is 14.9 Å². The SMILES string of the molecule is c1ncn(CC(C2CC2)C2CC2)c1C1CCNC1. The Balaban J connectivity index is 1.51. The third kappa shape index (κ3) is 2.09. The lowest BCUT2D eigenvalue weighted by molar-refractivity contribution is 0.342. The maximum absolute atomic E-state index is 4.41. The molecule has 0 amide bonds. The molecule has 1 aromatic rings. The lowest BCUT2D eigenvalue weighted by atomic mass is 9.97. The van der Waals surface area contributed by atoms with E-state index in [1.54, 1.807) is 0 Å². The van der Waals surface area contributed by atoms with Crippen molar-refractivity contribution in [3.63, 3.8) is 0 Å². The van der Waals surface area contributed by atoms with E-state index in [4.69, 9.17) is 0 Å². The average Bonchev–Trinajstić information content (AvgIpc) is 3.30. The van der Waals surface area contributed by atoms with Crippen LogP contribution in [0.3, 0.4) is 0 Å². The average molecular weight is 245 g/mol. The van der Waals surface area contributed by atoms with Crippen LogP contribution in [0.2, 0.25) is 0 Å². The Bertz CT molecular complexity index is 399. The Morgan fingerprint density at radius 1 is 1.22 bits per heavy atom. The van der Waals surface area contributed by atoms with Crippen LogP contribution in [0, 0.1) is 17.8 Å². The van der Waals surface area contributed by atoms with E-state index in [2.05, 4.69) is 27.4 Å². The fourth-order valence-electron chi connectivity index (χ4n) is 3.69. The molecule has 1 unspecified atom stereocenters. The van der Waals surface area contributed by atoms with Crippen LogP contribution in [0.25, 0.3) is 0 Å². The number of nitrogens with zero attached hydrogens (tertiary/aromatic N) is 2. The third-order valence-corrected chi connectivity index (χ3v) is 5.09. The maximum Gasteiger partial charge on any atom is 0.0948 e. The molecule has 3 fully saturated rings. The van der Waals surface area contributed by atoms with E-state index in [0.717, 1.165) is 24.3 Å². The Hall–Kier alpha value is -0.830. The van der Waals surface area contributed by atoms with Gasteiger partial charge in [0, 0.05) is 30.9 Å². The molecule has 4 rings (SSSR count). The van der Waals surface area contributed by atoms with Crippen molar-refractivity contribution in [2.75, 3.05) is 13.1 Å². The van der Waals surface area contributed by atoms with Crippen molar-refractivity contribution in [2.45, 2.75) is 44.6 Å². The Morgan fingerprint density at radius 3 is 2.61 bits per heavy atom. The van der Waals surface area contributed by atoms with Crippen molar-refractivity contribution in [3.8, 4) is 0 Å². The van der Waals surface area contributed by atoms with E-state index >= 15 is 0 Å². The molecule has 0 radical (unpaired) electrons. The fraction of sp³-hybridized carbons (Fsp3) is 0.800. The Labute approximate surface area is 109 Å². The minimum atomic E-state index is 0.701. The fourth-order valence-corrected chi connectivity index (χ4v) is 3.69. The molecular weight excluding hydrogens is 222 g/mol. The first-order valence-corrected chi connectivity index (χ1v) is 7.62. The van der Waals surface area contributed by atoms with Gasteiger partial charge in [-0.05, 0) is 56.4 Å². The molecular formula is C15H23N3. The second-order valence-electron chi connectivity index (χ2n) is 6.50. The van der Waals surface area contributed by atoms with E-state index in [1.165, 1.54) is 50.9 Å². The second kappa shape index (κ2) is 4.37. The zero-order valence-corrected chi connectivity index (χ0v) is 11.0. The van der Waals surface area contributed by atoms with E-state index in [1.807, 2.05) is 0 Å². The number of hydrogen-bond donors (Lipinski definition) is 1. The summed E-state index contributed by atoms with van der Waals surface area (Å²) in [5.41, 5.74) is 1.48. The summed E-state index contributed by atoms with van der Waals surface area (Å²) in [6.07, 6.45) is 11.4. The van der Waals surface area contributed by atoms with Gasteiger partial charge in [-0.1, -0.05) is 0 Å². The molecule has 0 aromatic carbocycles. The summed E-state index contributed by atoms with van der Waals surface area (Å²) < 4.78 is 2.47. The van der Waals surface area contributed by atoms with Gasteiger partial charge < -0.3 is 9.88 Å². The van der Waals surface area contributed by atoms with Gasteiger partial charge in [-0.15, -0.1) is 0 Å². The summed E-state index contributed by atoms with van der Waals surface area (Å²) in [6, 6.07) is 0. The topological polar surface area (TPSA) is 29.9 Å². The van der Waals surface area contributed by atoms with Gasteiger partial charge in [0.2, 0.25) is 0 Å². The minimum Gasteiger partial charge on any atom is -0.334 e. The van der Waals surface area contributed by atoms with Gasteiger partial charge in [-0.2, -0.15) is 0 Å². The van der Waals surface area contributed by atoms with Gasteiger partial charge in [0.1, 0.15) is 0 Å². The van der Waals surface area contributed by atoms with E-state index < -0.39 is 0 Å². The van der Waals surface area contributed by atoms with Crippen LogP contribution >= 0.6 is 0 Å². The molecule has 0 bridgehead atoms. The zero-order chi connectivity index (χ0) is 11.9. The predicted molar refractivity (Wildman–Crippen MR) is 71.4 cm³/mol. The quantitative estimate of drug-likeness (QED) is 0.863. The lowest BCUT2D eigenvalue weighted by Gasteiger charge is -2.19. The molecule has 18 heavy (non-hydrogen) atoms. The number of aromatic nitrogens is 2. The van der Waals surface area contributed by atoms with Crippen LogP contribution in [-0.4, -0.2) is 22.6 Å². The van der Waals surface area contributed by atoms with Gasteiger partial charge >= 0.3 is 0 Å². The van der Waals surface area contributed by atoms with Gasteiger partial charge in [-0.25, -0.2) is 4.98 Å². The van der Waals surface area contributed by atoms with Crippen molar-refractivity contribution >= 4 is 0 Å². The van der Waals surface area contributed by atoms with Gasteiger partial charge in [0.25, 0.3) is 0 Å². The molecule has 2 heterocycles. The smallest absolute Gasteiger partial charge is 0.0948 e. The van der Waals surface area contributed by atoms with Gasteiger partial charge in [-0.3, -0.25) is 0 Å². The van der Waals surface area contributed by atoms with E-state index in [-0.39, 0.29) is 0 Å². The summed E-state index contributed by atoms with van der Waals surface area (Å²) in [5.74, 6) is 3.72. The molecule has 1 N–H and O–H groups in total. The number of imidazole rings is 1.